The van der Waals surface area contributed by atoms with Crippen molar-refractivity contribution in [3.05, 3.63) is 0 Å². The van der Waals surface area contributed by atoms with Gasteiger partial charge in [-0.25, -0.2) is 0 Å². The van der Waals surface area contributed by atoms with Gasteiger partial charge in [-0.1, -0.05) is 40.0 Å². The molecule has 0 spiro atoms. The Morgan fingerprint density at radius 1 is 0.818 bits per heavy atom. The number of hydrogen-bond donors (Lipinski definition) is 1. The summed E-state index contributed by atoms with van der Waals surface area (Å²) in [7, 11) is -1.75. The van der Waals surface area contributed by atoms with Crippen LogP contribution in [0.2, 0.25) is 18.1 Å². The molecule has 0 radical (unpaired) electrons. The van der Waals surface area contributed by atoms with E-state index in [1.807, 2.05) is 0 Å². The molecular weight excluding hydrogens is 152 g/mol. The maximum atomic E-state index is 10.2. The number of rotatable bonds is 6. The minimum absolute atomic E-state index is 1.11. The molecule has 0 aromatic rings. The van der Waals surface area contributed by atoms with E-state index in [4.69, 9.17) is 0 Å². The molecule has 0 atom stereocenters. The zero-order chi connectivity index (χ0) is 8.74. The summed E-state index contributed by atoms with van der Waals surface area (Å²) in [4.78, 5) is 10.2. The first kappa shape index (κ1) is 11.2. The Kier molecular flexibility index (Phi) is 5.87. The molecule has 11 heavy (non-hydrogen) atoms. The summed E-state index contributed by atoms with van der Waals surface area (Å²) in [5, 5.41) is 0. The van der Waals surface area contributed by atoms with Gasteiger partial charge in [-0.15, -0.1) is 0 Å². The van der Waals surface area contributed by atoms with Gasteiger partial charge in [0.05, 0.1) is 0 Å². The molecule has 0 fully saturated rings. The SMILES string of the molecule is CCC[Si](O)(CCC)CCC. The van der Waals surface area contributed by atoms with Gasteiger partial charge in [-0.05, 0) is 18.1 Å². The van der Waals surface area contributed by atoms with Crippen LogP contribution >= 0.6 is 0 Å². The molecule has 2 heteroatoms. The van der Waals surface area contributed by atoms with Crippen LogP contribution in [0.1, 0.15) is 40.0 Å². The highest BCUT2D eigenvalue weighted by Gasteiger charge is 2.26. The first-order valence-corrected chi connectivity index (χ1v) is 7.47. The molecular formula is C9H22OSi. The van der Waals surface area contributed by atoms with Crippen LogP contribution in [0.15, 0.2) is 0 Å². The Morgan fingerprint density at radius 3 is 1.27 bits per heavy atom. The van der Waals surface area contributed by atoms with Crippen molar-refractivity contribution in [3.8, 4) is 0 Å². The summed E-state index contributed by atoms with van der Waals surface area (Å²) in [5.41, 5.74) is 0. The molecule has 0 amide bonds. The predicted octanol–water partition coefficient (Wildman–Crippen LogP) is 3.15. The van der Waals surface area contributed by atoms with E-state index < -0.39 is 8.32 Å². The van der Waals surface area contributed by atoms with Crippen molar-refractivity contribution in [1.82, 2.24) is 0 Å². The lowest BCUT2D eigenvalue weighted by Crippen LogP contribution is -2.33. The minimum atomic E-state index is -1.75. The molecule has 1 N–H and O–H groups in total. The maximum absolute atomic E-state index is 10.2. The predicted molar refractivity (Wildman–Crippen MR) is 53.3 cm³/mol. The minimum Gasteiger partial charge on any atom is -0.432 e. The Hall–Kier alpha value is 0.177. The van der Waals surface area contributed by atoms with Crippen molar-refractivity contribution >= 4 is 8.32 Å². The summed E-state index contributed by atoms with van der Waals surface area (Å²) in [5.74, 6) is 0. The zero-order valence-electron chi connectivity index (χ0n) is 8.19. The lowest BCUT2D eigenvalue weighted by molar-refractivity contribution is 0.516. The first-order chi connectivity index (χ1) is 5.18. The summed E-state index contributed by atoms with van der Waals surface area (Å²) in [6, 6.07) is 3.32. The van der Waals surface area contributed by atoms with E-state index in [0.29, 0.717) is 0 Å². The summed E-state index contributed by atoms with van der Waals surface area (Å²) >= 11 is 0. The average Bonchev–Trinajstić information content (AvgIpc) is 1.88. The summed E-state index contributed by atoms with van der Waals surface area (Å²) in [6.45, 7) is 6.51. The van der Waals surface area contributed by atoms with Crippen LogP contribution in [0.25, 0.3) is 0 Å². The van der Waals surface area contributed by atoms with Crippen molar-refractivity contribution in [3.63, 3.8) is 0 Å². The maximum Gasteiger partial charge on any atom is 0.188 e. The van der Waals surface area contributed by atoms with Crippen molar-refractivity contribution in [2.45, 2.75) is 58.2 Å². The summed E-state index contributed by atoms with van der Waals surface area (Å²) < 4.78 is 0. The van der Waals surface area contributed by atoms with Crippen LogP contribution in [0.3, 0.4) is 0 Å². The Bertz CT molecular complexity index is 76.5. The lowest BCUT2D eigenvalue weighted by Gasteiger charge is -2.23. The van der Waals surface area contributed by atoms with Crippen LogP contribution in [0.5, 0.6) is 0 Å². The molecule has 0 saturated heterocycles. The van der Waals surface area contributed by atoms with E-state index in [1.54, 1.807) is 0 Å². The van der Waals surface area contributed by atoms with E-state index in [0.717, 1.165) is 37.4 Å². The van der Waals surface area contributed by atoms with Gasteiger partial charge in [0.25, 0.3) is 0 Å². The van der Waals surface area contributed by atoms with E-state index >= 15 is 0 Å². The smallest absolute Gasteiger partial charge is 0.188 e. The van der Waals surface area contributed by atoms with Gasteiger partial charge in [-0.3, -0.25) is 0 Å². The third kappa shape index (κ3) is 4.59. The molecule has 1 nitrogen and oxygen atoms in total. The Morgan fingerprint density at radius 2 is 1.09 bits per heavy atom. The van der Waals surface area contributed by atoms with E-state index in [1.165, 1.54) is 0 Å². The molecule has 0 unspecified atom stereocenters. The standard InChI is InChI=1S/C9H22OSi/c1-4-7-11(10,8-5-2)9-6-3/h10H,4-9H2,1-3H3. The molecule has 0 rings (SSSR count). The fourth-order valence-electron chi connectivity index (χ4n) is 1.77. The number of hydrogen-bond acceptors (Lipinski definition) is 1. The van der Waals surface area contributed by atoms with Crippen LogP contribution < -0.4 is 0 Å². The van der Waals surface area contributed by atoms with Gasteiger partial charge >= 0.3 is 0 Å². The second-order valence-corrected chi connectivity index (χ2v) is 7.42. The Labute approximate surface area is 72.0 Å². The Balaban J connectivity index is 3.79. The fourth-order valence-corrected chi connectivity index (χ4v) is 5.31. The quantitative estimate of drug-likeness (QED) is 0.613. The molecule has 0 aliphatic carbocycles. The molecule has 0 aromatic carbocycles. The van der Waals surface area contributed by atoms with Crippen LogP contribution in [0, 0.1) is 0 Å². The van der Waals surface area contributed by atoms with Crippen LogP contribution in [0.4, 0.5) is 0 Å². The van der Waals surface area contributed by atoms with Crippen molar-refractivity contribution < 1.29 is 4.80 Å². The third-order valence-electron chi connectivity index (χ3n) is 2.15. The van der Waals surface area contributed by atoms with Crippen LogP contribution in [-0.2, 0) is 0 Å². The van der Waals surface area contributed by atoms with Gasteiger partial charge in [0.1, 0.15) is 0 Å². The van der Waals surface area contributed by atoms with Gasteiger partial charge in [0, 0.05) is 0 Å². The highest BCUT2D eigenvalue weighted by Crippen LogP contribution is 2.22. The monoisotopic (exact) mass is 174 g/mol. The molecule has 0 aliphatic rings. The zero-order valence-corrected chi connectivity index (χ0v) is 9.19. The second-order valence-electron chi connectivity index (χ2n) is 3.47. The highest BCUT2D eigenvalue weighted by molar-refractivity contribution is 6.72. The van der Waals surface area contributed by atoms with E-state index in [-0.39, 0.29) is 0 Å². The van der Waals surface area contributed by atoms with Crippen molar-refractivity contribution in [2.24, 2.45) is 0 Å². The van der Waals surface area contributed by atoms with Crippen molar-refractivity contribution in [1.29, 1.82) is 0 Å². The lowest BCUT2D eigenvalue weighted by atomic mass is 10.6. The van der Waals surface area contributed by atoms with Gasteiger partial charge in [0.2, 0.25) is 0 Å². The molecule has 68 valence electrons. The van der Waals surface area contributed by atoms with Gasteiger partial charge in [-0.2, -0.15) is 0 Å². The van der Waals surface area contributed by atoms with E-state index in [9.17, 15) is 4.80 Å². The normalized spacial score (nSPS) is 12.0. The van der Waals surface area contributed by atoms with Crippen molar-refractivity contribution in [2.75, 3.05) is 0 Å². The molecule has 0 aliphatic heterocycles. The van der Waals surface area contributed by atoms with Gasteiger partial charge in [0.15, 0.2) is 8.32 Å². The van der Waals surface area contributed by atoms with E-state index in [2.05, 4.69) is 20.8 Å². The highest BCUT2D eigenvalue weighted by atomic mass is 28.4. The third-order valence-corrected chi connectivity index (χ3v) is 6.44. The second kappa shape index (κ2) is 5.78. The summed E-state index contributed by atoms with van der Waals surface area (Å²) in [6.07, 6.45) is 3.47. The fraction of sp³-hybridized carbons (Fsp3) is 1.00. The molecule has 0 aromatic heterocycles. The largest absolute Gasteiger partial charge is 0.432 e. The molecule has 0 heterocycles. The molecule has 0 bridgehead atoms. The average molecular weight is 174 g/mol. The van der Waals surface area contributed by atoms with Gasteiger partial charge < -0.3 is 4.80 Å². The topological polar surface area (TPSA) is 20.2 Å². The first-order valence-electron chi connectivity index (χ1n) is 4.91. The molecule has 0 saturated carbocycles. The van der Waals surface area contributed by atoms with Crippen LogP contribution in [-0.4, -0.2) is 13.1 Å².